The van der Waals surface area contributed by atoms with E-state index in [0.717, 1.165) is 16.6 Å². The summed E-state index contributed by atoms with van der Waals surface area (Å²) in [7, 11) is 0. The van der Waals surface area contributed by atoms with Crippen molar-refractivity contribution in [2.24, 2.45) is 0 Å². The summed E-state index contributed by atoms with van der Waals surface area (Å²) in [5.41, 5.74) is 2.87. The Balaban J connectivity index is 2.05. The van der Waals surface area contributed by atoms with Crippen LogP contribution in [0.1, 0.15) is 5.56 Å². The van der Waals surface area contributed by atoms with Gasteiger partial charge < -0.3 is 15.5 Å². The van der Waals surface area contributed by atoms with E-state index in [-0.39, 0.29) is 6.61 Å². The van der Waals surface area contributed by atoms with Gasteiger partial charge in [0, 0.05) is 13.1 Å². The fourth-order valence-corrected chi connectivity index (χ4v) is 1.88. The average molecular weight is 250 g/mol. The Labute approximate surface area is 105 Å². The number of aliphatic hydroxyl groups is 2. The van der Waals surface area contributed by atoms with Crippen LogP contribution >= 0.6 is 0 Å². The zero-order valence-corrected chi connectivity index (χ0v) is 10.4. The molecule has 1 heterocycles. The number of hydrogen-bond donors (Lipinski definition) is 3. The molecule has 0 radical (unpaired) electrons. The highest BCUT2D eigenvalue weighted by molar-refractivity contribution is 5.77. The van der Waals surface area contributed by atoms with Crippen molar-refractivity contribution in [2.75, 3.05) is 19.7 Å². The molecule has 0 amide bonds. The maximum Gasteiger partial charge on any atom is 0.116 e. The van der Waals surface area contributed by atoms with Gasteiger partial charge in [0.15, 0.2) is 0 Å². The largest absolute Gasteiger partial charge is 0.395 e. The summed E-state index contributed by atoms with van der Waals surface area (Å²) >= 11 is 0. The second-order valence-corrected chi connectivity index (χ2v) is 4.30. The van der Waals surface area contributed by atoms with Gasteiger partial charge in [-0.1, -0.05) is 17.3 Å². The second-order valence-electron chi connectivity index (χ2n) is 4.30. The molecule has 1 aromatic heterocycles. The van der Waals surface area contributed by atoms with Crippen LogP contribution in [0.5, 0.6) is 0 Å². The highest BCUT2D eigenvalue weighted by Crippen LogP contribution is 2.14. The normalized spacial score (nSPS) is 13.1. The van der Waals surface area contributed by atoms with E-state index in [2.05, 4.69) is 15.6 Å². The Bertz CT molecular complexity index is 512. The van der Waals surface area contributed by atoms with Crippen LogP contribution in [0.15, 0.2) is 18.2 Å². The predicted octanol–water partition coefficient (Wildman–Crippen LogP) is -0.317. The smallest absolute Gasteiger partial charge is 0.116 e. The van der Waals surface area contributed by atoms with Crippen molar-refractivity contribution in [3.8, 4) is 0 Å². The first-order chi connectivity index (χ1) is 8.72. The Morgan fingerprint density at radius 2 is 2.28 bits per heavy atom. The van der Waals surface area contributed by atoms with Crippen molar-refractivity contribution in [1.82, 2.24) is 20.3 Å². The lowest BCUT2D eigenvalue weighted by atomic mass is 10.2. The van der Waals surface area contributed by atoms with Crippen molar-refractivity contribution in [3.05, 3.63) is 23.8 Å². The molecule has 0 spiro atoms. The number of benzene rings is 1. The van der Waals surface area contributed by atoms with Crippen molar-refractivity contribution in [1.29, 1.82) is 0 Å². The summed E-state index contributed by atoms with van der Waals surface area (Å²) < 4.78 is 1.70. The monoisotopic (exact) mass is 250 g/mol. The lowest BCUT2D eigenvalue weighted by Gasteiger charge is -2.11. The van der Waals surface area contributed by atoms with Crippen LogP contribution in [-0.2, 0) is 6.54 Å². The molecule has 6 nitrogen and oxygen atoms in total. The molecule has 0 aliphatic heterocycles. The van der Waals surface area contributed by atoms with E-state index in [4.69, 9.17) is 5.11 Å². The number of hydrogen-bond acceptors (Lipinski definition) is 5. The quantitative estimate of drug-likeness (QED) is 0.612. The third kappa shape index (κ3) is 2.84. The van der Waals surface area contributed by atoms with Crippen LogP contribution in [-0.4, -0.2) is 51.0 Å². The molecule has 2 rings (SSSR count). The molecular formula is C12H18N4O2. The molecule has 0 saturated carbocycles. The minimum absolute atomic E-state index is 0.0676. The van der Waals surface area contributed by atoms with E-state index < -0.39 is 6.10 Å². The molecule has 3 N–H and O–H groups in total. The van der Waals surface area contributed by atoms with Gasteiger partial charge in [0.1, 0.15) is 5.52 Å². The first-order valence-electron chi connectivity index (χ1n) is 6.01. The van der Waals surface area contributed by atoms with Crippen molar-refractivity contribution < 1.29 is 10.2 Å². The minimum Gasteiger partial charge on any atom is -0.395 e. The van der Waals surface area contributed by atoms with Gasteiger partial charge in [0.2, 0.25) is 0 Å². The summed E-state index contributed by atoms with van der Waals surface area (Å²) in [5, 5.41) is 29.6. The Morgan fingerprint density at radius 1 is 1.44 bits per heavy atom. The Morgan fingerprint density at radius 3 is 3.06 bits per heavy atom. The van der Waals surface area contributed by atoms with E-state index in [9.17, 15) is 5.11 Å². The molecule has 98 valence electrons. The zero-order valence-electron chi connectivity index (χ0n) is 10.4. The van der Waals surface area contributed by atoms with Gasteiger partial charge in [0.05, 0.1) is 24.8 Å². The van der Waals surface area contributed by atoms with Crippen LogP contribution in [0.4, 0.5) is 0 Å². The lowest BCUT2D eigenvalue weighted by molar-refractivity contribution is 0.145. The van der Waals surface area contributed by atoms with E-state index in [1.165, 1.54) is 0 Å². The third-order valence-electron chi connectivity index (χ3n) is 2.80. The Kier molecular flexibility index (Phi) is 4.24. The van der Waals surface area contributed by atoms with Gasteiger partial charge in [-0.05, 0) is 18.6 Å². The van der Waals surface area contributed by atoms with Gasteiger partial charge in [-0.15, -0.1) is 5.10 Å². The number of aromatic nitrogens is 3. The van der Waals surface area contributed by atoms with Gasteiger partial charge in [-0.25, -0.2) is 4.68 Å². The molecule has 6 heteroatoms. The number of fused-ring (bicyclic) bond motifs is 1. The third-order valence-corrected chi connectivity index (χ3v) is 2.80. The van der Waals surface area contributed by atoms with Gasteiger partial charge in [0.25, 0.3) is 0 Å². The maximum absolute atomic E-state index is 9.84. The van der Waals surface area contributed by atoms with Crippen LogP contribution in [0, 0.1) is 6.92 Å². The molecule has 0 aliphatic carbocycles. The lowest BCUT2D eigenvalue weighted by Crippen LogP contribution is -2.32. The number of nitrogens with zero attached hydrogens (tertiary/aromatic N) is 3. The van der Waals surface area contributed by atoms with Crippen molar-refractivity contribution in [2.45, 2.75) is 19.6 Å². The summed E-state index contributed by atoms with van der Waals surface area (Å²) in [6.07, 6.45) is -0.554. The van der Waals surface area contributed by atoms with Crippen molar-refractivity contribution in [3.63, 3.8) is 0 Å². The van der Waals surface area contributed by atoms with Gasteiger partial charge in [-0.2, -0.15) is 0 Å². The topological polar surface area (TPSA) is 83.2 Å². The SMILES string of the molecule is Cc1cccc2c1nnn2CC(O)CNCCO. The number of aryl methyl sites for hydroxylation is 1. The van der Waals surface area contributed by atoms with E-state index >= 15 is 0 Å². The maximum atomic E-state index is 9.84. The molecule has 0 saturated heterocycles. The highest BCUT2D eigenvalue weighted by Gasteiger charge is 2.10. The summed E-state index contributed by atoms with van der Waals surface area (Å²) in [6, 6.07) is 5.88. The highest BCUT2D eigenvalue weighted by atomic mass is 16.3. The second kappa shape index (κ2) is 5.90. The van der Waals surface area contributed by atoms with Gasteiger partial charge in [-0.3, -0.25) is 0 Å². The summed E-state index contributed by atoms with van der Waals surface area (Å²) in [4.78, 5) is 0. The fraction of sp³-hybridized carbons (Fsp3) is 0.500. The van der Waals surface area contributed by atoms with Crippen LogP contribution < -0.4 is 5.32 Å². The van der Waals surface area contributed by atoms with E-state index in [1.54, 1.807) is 4.68 Å². The molecule has 1 unspecified atom stereocenters. The average Bonchev–Trinajstić information content (AvgIpc) is 2.74. The molecule has 0 aliphatic rings. The predicted molar refractivity (Wildman–Crippen MR) is 68.2 cm³/mol. The molecule has 1 atom stereocenters. The molecule has 2 aromatic rings. The molecule has 0 bridgehead atoms. The van der Waals surface area contributed by atoms with Crippen LogP contribution in [0.2, 0.25) is 0 Å². The first kappa shape index (κ1) is 12.9. The zero-order chi connectivity index (χ0) is 13.0. The summed E-state index contributed by atoms with van der Waals surface area (Å²) in [5.74, 6) is 0. The van der Waals surface area contributed by atoms with Crippen LogP contribution in [0.25, 0.3) is 11.0 Å². The van der Waals surface area contributed by atoms with E-state index in [1.807, 2.05) is 25.1 Å². The molecule has 1 aromatic carbocycles. The number of nitrogens with one attached hydrogen (secondary N) is 1. The summed E-state index contributed by atoms with van der Waals surface area (Å²) in [6.45, 7) is 3.35. The van der Waals surface area contributed by atoms with Crippen LogP contribution in [0.3, 0.4) is 0 Å². The number of rotatable bonds is 6. The molecule has 0 fully saturated rings. The Hall–Kier alpha value is -1.50. The minimum atomic E-state index is -0.554. The fourth-order valence-electron chi connectivity index (χ4n) is 1.88. The standard InChI is InChI=1S/C12H18N4O2/c1-9-3-2-4-11-12(9)14-15-16(11)8-10(18)7-13-5-6-17/h2-4,10,13,17-18H,5-8H2,1H3. The number of aliphatic hydroxyl groups excluding tert-OH is 2. The van der Waals surface area contributed by atoms with Gasteiger partial charge >= 0.3 is 0 Å². The van der Waals surface area contributed by atoms with Crippen molar-refractivity contribution >= 4 is 11.0 Å². The molecule has 18 heavy (non-hydrogen) atoms. The first-order valence-corrected chi connectivity index (χ1v) is 6.01. The molecular weight excluding hydrogens is 232 g/mol. The van der Waals surface area contributed by atoms with E-state index in [0.29, 0.717) is 19.6 Å².